The highest BCUT2D eigenvalue weighted by Gasteiger charge is 2.31. The number of aromatic nitrogens is 10. The highest BCUT2D eigenvalue weighted by Crippen LogP contribution is 2.43. The van der Waals surface area contributed by atoms with Crippen molar-refractivity contribution in [3.05, 3.63) is 99.7 Å². The molecule has 21 heteroatoms. The highest BCUT2D eigenvalue weighted by molar-refractivity contribution is 7.19. The van der Waals surface area contributed by atoms with Gasteiger partial charge in [0.05, 0.1) is 55.7 Å². The van der Waals surface area contributed by atoms with E-state index in [-0.39, 0.29) is 17.7 Å². The minimum absolute atomic E-state index is 0.00264. The van der Waals surface area contributed by atoms with Crippen LogP contribution in [0.25, 0.3) is 31.7 Å². The Morgan fingerprint density at radius 3 is 1.81 bits per heavy atom. The minimum atomic E-state index is -0.740. The van der Waals surface area contributed by atoms with Gasteiger partial charge in [0.2, 0.25) is 5.91 Å². The van der Waals surface area contributed by atoms with Gasteiger partial charge < -0.3 is 30.5 Å². The highest BCUT2D eigenvalue weighted by atomic mass is 35.5. The first kappa shape index (κ1) is 40.1. The zero-order valence-electron chi connectivity index (χ0n) is 33.6. The maximum Gasteiger partial charge on any atom is 0.306 e. The number of thiophene rings is 2. The van der Waals surface area contributed by atoms with Gasteiger partial charge in [-0.1, -0.05) is 17.7 Å². The molecule has 0 saturated heterocycles. The molecule has 18 nitrogen and oxygen atoms in total. The summed E-state index contributed by atoms with van der Waals surface area (Å²) in [6, 6.07) is 10.8. The summed E-state index contributed by atoms with van der Waals surface area (Å²) >= 11 is 9.21. The fourth-order valence-corrected chi connectivity index (χ4v) is 10.8. The SMILES string of the molecule is COc1cn2nccc2nc1Nc1ncnc2sc3c(c12)CC[C@H](C(=O)Nc1cccc(Cl)c1)C3.COc1cn2nccc2nc1Nc1ncnc2sc3c(c12)CC[C@H](C(=O)O)C3. The first-order chi connectivity index (χ1) is 30.7. The van der Waals surface area contributed by atoms with E-state index in [2.05, 4.69) is 56.1 Å². The molecule has 0 unspecified atom stereocenters. The number of halogens is 1. The topological polar surface area (TPSA) is 221 Å². The maximum atomic E-state index is 12.9. The van der Waals surface area contributed by atoms with E-state index in [1.54, 1.807) is 83.9 Å². The lowest BCUT2D eigenvalue weighted by molar-refractivity contribution is -0.142. The van der Waals surface area contributed by atoms with Crippen LogP contribution in [0.5, 0.6) is 11.5 Å². The number of nitrogens with one attached hydrogen (secondary N) is 3. The van der Waals surface area contributed by atoms with Crippen molar-refractivity contribution in [2.45, 2.75) is 38.5 Å². The number of ether oxygens (including phenoxy) is 2. The summed E-state index contributed by atoms with van der Waals surface area (Å²) in [5.74, 6) is 2.30. The zero-order valence-corrected chi connectivity index (χ0v) is 36.0. The van der Waals surface area contributed by atoms with E-state index in [1.165, 1.54) is 23.2 Å². The molecule has 0 spiro atoms. The van der Waals surface area contributed by atoms with Gasteiger partial charge in [-0.2, -0.15) is 10.2 Å². The van der Waals surface area contributed by atoms with Crippen LogP contribution in [-0.2, 0) is 35.3 Å². The van der Waals surface area contributed by atoms with Crippen molar-refractivity contribution in [1.82, 2.24) is 49.1 Å². The van der Waals surface area contributed by atoms with Crippen molar-refractivity contribution < 1.29 is 24.2 Å². The van der Waals surface area contributed by atoms with E-state index in [1.807, 2.05) is 18.2 Å². The average Bonchev–Trinajstić information content (AvgIpc) is 4.10. The van der Waals surface area contributed by atoms with Crippen LogP contribution < -0.4 is 25.4 Å². The second kappa shape index (κ2) is 16.7. The molecule has 0 aliphatic heterocycles. The zero-order chi connectivity index (χ0) is 43.2. The number of amides is 1. The molecule has 2 atom stereocenters. The lowest BCUT2D eigenvalue weighted by atomic mass is 9.87. The normalized spacial score (nSPS) is 15.7. The summed E-state index contributed by atoms with van der Waals surface area (Å²) in [6.07, 6.45) is 13.9. The van der Waals surface area contributed by atoms with Gasteiger partial charge in [-0.25, -0.2) is 38.9 Å². The molecule has 0 saturated carbocycles. The number of carbonyl (C=O) groups is 2. The minimum Gasteiger partial charge on any atom is -0.491 e. The van der Waals surface area contributed by atoms with Crippen molar-refractivity contribution in [1.29, 1.82) is 0 Å². The number of aryl methyl sites for hydroxylation is 2. The summed E-state index contributed by atoms with van der Waals surface area (Å²) in [7, 11) is 3.17. The molecule has 318 valence electrons. The third kappa shape index (κ3) is 7.76. The Morgan fingerprint density at radius 2 is 1.29 bits per heavy atom. The van der Waals surface area contributed by atoms with E-state index in [0.29, 0.717) is 82.5 Å². The molecule has 4 N–H and O–H groups in total. The van der Waals surface area contributed by atoms with Gasteiger partial charge in [0.1, 0.15) is 34.0 Å². The molecule has 8 aromatic heterocycles. The van der Waals surface area contributed by atoms with Crippen LogP contribution >= 0.6 is 34.3 Å². The van der Waals surface area contributed by atoms with Gasteiger partial charge in [-0.3, -0.25) is 9.59 Å². The van der Waals surface area contributed by atoms with Gasteiger partial charge in [-0.05, 0) is 67.9 Å². The number of carboxylic acids is 1. The molecular formula is C42H36ClN13O5S2. The average molecular weight is 902 g/mol. The first-order valence-electron chi connectivity index (χ1n) is 19.8. The largest absolute Gasteiger partial charge is 0.491 e. The number of anilines is 5. The summed E-state index contributed by atoms with van der Waals surface area (Å²) in [6.45, 7) is 0. The predicted molar refractivity (Wildman–Crippen MR) is 239 cm³/mol. The van der Waals surface area contributed by atoms with Crippen molar-refractivity contribution in [3.63, 3.8) is 0 Å². The number of hydrogen-bond donors (Lipinski definition) is 4. The number of hydrogen-bond acceptors (Lipinski definition) is 16. The van der Waals surface area contributed by atoms with Gasteiger partial charge in [0, 0.05) is 38.5 Å². The molecule has 0 radical (unpaired) electrons. The van der Waals surface area contributed by atoms with E-state index in [4.69, 9.17) is 21.1 Å². The Bertz CT molecular complexity index is 3220. The maximum absolute atomic E-state index is 12.9. The second-order valence-electron chi connectivity index (χ2n) is 14.9. The third-order valence-electron chi connectivity index (χ3n) is 11.1. The number of nitrogens with zero attached hydrogens (tertiary/aromatic N) is 10. The molecular weight excluding hydrogens is 866 g/mol. The van der Waals surface area contributed by atoms with Crippen LogP contribution in [-0.4, -0.2) is 80.3 Å². The monoisotopic (exact) mass is 901 g/mol. The Balaban J connectivity index is 0.000000153. The number of carbonyl (C=O) groups excluding carboxylic acids is 1. The Kier molecular flexibility index (Phi) is 10.6. The molecule has 2 aliphatic carbocycles. The lowest BCUT2D eigenvalue weighted by Crippen LogP contribution is -2.27. The lowest BCUT2D eigenvalue weighted by Gasteiger charge is -2.22. The van der Waals surface area contributed by atoms with Crippen LogP contribution in [0.3, 0.4) is 0 Å². The quantitative estimate of drug-likeness (QED) is 0.110. The van der Waals surface area contributed by atoms with Crippen LogP contribution in [0.1, 0.15) is 33.7 Å². The number of rotatable bonds is 9. The van der Waals surface area contributed by atoms with E-state index < -0.39 is 5.97 Å². The van der Waals surface area contributed by atoms with Crippen molar-refractivity contribution in [3.8, 4) is 11.5 Å². The summed E-state index contributed by atoms with van der Waals surface area (Å²) in [5.41, 5.74) is 4.40. The Morgan fingerprint density at radius 1 is 0.746 bits per heavy atom. The Labute approximate surface area is 370 Å². The molecule has 1 amide bonds. The standard InChI is InChI=1S/C24H20ClN7O2S.C18H16N6O3S/c1-34-17-11-32-19(7-8-28-32)30-21(17)31-22-20-16-6-5-13(9-18(16)35-24(20)27-12-26-22)23(33)29-15-4-2-3-14(25)10-15;1-27-11-7-24-13(4-5-21-24)22-15(11)23-16-14-10-3-2-9(18(25)26)6-12(10)28-17(14)20-8-19-16/h2-4,7-8,10-13H,5-6,9H2,1H3,(H,29,33)(H,26,27,30,31);4-5,7-9H,2-3,6H2,1H3,(H,25,26)(H,19,20,22,23)/t13-;9-/m00/s1. The van der Waals surface area contributed by atoms with E-state index >= 15 is 0 Å². The molecule has 8 heterocycles. The first-order valence-corrected chi connectivity index (χ1v) is 21.8. The number of benzene rings is 1. The molecule has 63 heavy (non-hydrogen) atoms. The van der Waals surface area contributed by atoms with Crippen LogP contribution in [0.4, 0.5) is 29.0 Å². The van der Waals surface area contributed by atoms with Gasteiger partial charge in [-0.15, -0.1) is 22.7 Å². The smallest absolute Gasteiger partial charge is 0.306 e. The van der Waals surface area contributed by atoms with Crippen LogP contribution in [0, 0.1) is 11.8 Å². The third-order valence-corrected chi connectivity index (χ3v) is 13.7. The molecule has 9 aromatic rings. The fourth-order valence-electron chi connectivity index (χ4n) is 8.03. The van der Waals surface area contributed by atoms with E-state index in [0.717, 1.165) is 48.6 Å². The van der Waals surface area contributed by atoms with Crippen LogP contribution in [0.15, 0.2) is 73.8 Å². The van der Waals surface area contributed by atoms with Gasteiger partial charge in [0.15, 0.2) is 34.4 Å². The van der Waals surface area contributed by atoms with Crippen molar-refractivity contribution >= 4 is 107 Å². The molecule has 11 rings (SSSR count). The van der Waals surface area contributed by atoms with Crippen molar-refractivity contribution in [2.75, 3.05) is 30.2 Å². The Hall–Kier alpha value is -7.03. The summed E-state index contributed by atoms with van der Waals surface area (Å²) in [5, 5.41) is 29.8. The van der Waals surface area contributed by atoms with Gasteiger partial charge >= 0.3 is 5.97 Å². The van der Waals surface area contributed by atoms with Crippen molar-refractivity contribution in [2.24, 2.45) is 11.8 Å². The molecule has 1 aromatic carbocycles. The number of carboxylic acid groups (broad SMARTS) is 1. The molecule has 0 bridgehead atoms. The number of methoxy groups -OCH3 is 2. The fraction of sp³-hybridized carbons (Fsp3) is 0.238. The predicted octanol–water partition coefficient (Wildman–Crippen LogP) is 7.56. The van der Waals surface area contributed by atoms with Crippen LogP contribution in [0.2, 0.25) is 5.02 Å². The summed E-state index contributed by atoms with van der Waals surface area (Å²) in [4.78, 5) is 55.3. The summed E-state index contributed by atoms with van der Waals surface area (Å²) < 4.78 is 14.3. The molecule has 0 fully saturated rings. The number of fused-ring (bicyclic) bond motifs is 8. The van der Waals surface area contributed by atoms with E-state index in [9.17, 15) is 14.7 Å². The number of aliphatic carboxylic acids is 1. The second-order valence-corrected chi connectivity index (χ2v) is 17.5. The van der Waals surface area contributed by atoms with Gasteiger partial charge in [0.25, 0.3) is 0 Å². The molecule has 2 aliphatic rings.